The van der Waals surface area contributed by atoms with Gasteiger partial charge in [-0.05, 0) is 20.8 Å². The van der Waals surface area contributed by atoms with Gasteiger partial charge in [0, 0.05) is 19.6 Å². The van der Waals surface area contributed by atoms with E-state index >= 15 is 0 Å². The van der Waals surface area contributed by atoms with Gasteiger partial charge in [-0.3, -0.25) is 9.69 Å². The summed E-state index contributed by atoms with van der Waals surface area (Å²) in [5.41, 5.74) is -0.429. The fourth-order valence-electron chi connectivity index (χ4n) is 1.11. The quantitative estimate of drug-likeness (QED) is 0.491. The summed E-state index contributed by atoms with van der Waals surface area (Å²) in [6, 6.07) is 0. The monoisotopic (exact) mass is 225 g/mol. The third kappa shape index (κ3) is 6.40. The molecule has 0 unspecified atom stereocenters. The van der Waals surface area contributed by atoms with Gasteiger partial charge in [0.1, 0.15) is 6.61 Å². The Hall–Kier alpha value is -1.09. The average Bonchev–Trinajstić information content (AvgIpc) is 2.16. The van der Waals surface area contributed by atoms with Crippen LogP contribution >= 0.6 is 0 Å². The summed E-state index contributed by atoms with van der Waals surface area (Å²) in [5.74, 6) is -0.162. The van der Waals surface area contributed by atoms with E-state index in [1.807, 2.05) is 32.9 Å². The fourth-order valence-corrected chi connectivity index (χ4v) is 1.11. The molecule has 0 aromatic carbocycles. The zero-order chi connectivity index (χ0) is 12.6. The molecule has 0 spiro atoms. The van der Waals surface area contributed by atoms with Crippen molar-refractivity contribution in [2.24, 2.45) is 5.41 Å². The zero-order valence-electron chi connectivity index (χ0n) is 10.7. The molecule has 0 aliphatic carbocycles. The Morgan fingerprint density at radius 2 is 1.75 bits per heavy atom. The first kappa shape index (κ1) is 14.9. The normalized spacial score (nSPS) is 11.2. The van der Waals surface area contributed by atoms with Crippen LogP contribution in [0.25, 0.3) is 0 Å². The van der Waals surface area contributed by atoms with Crippen LogP contribution in [0, 0.1) is 5.41 Å². The molecule has 0 aliphatic heterocycles. The fraction of sp³-hybridized carbons (Fsp3) is 0.615. The van der Waals surface area contributed by atoms with Crippen LogP contribution in [0.3, 0.4) is 0 Å². The van der Waals surface area contributed by atoms with E-state index in [2.05, 4.69) is 18.1 Å². The predicted molar refractivity (Wildman–Crippen MR) is 67.2 cm³/mol. The van der Waals surface area contributed by atoms with Crippen LogP contribution in [0.4, 0.5) is 0 Å². The third-order valence-electron chi connectivity index (χ3n) is 2.03. The van der Waals surface area contributed by atoms with Gasteiger partial charge in [-0.25, -0.2) is 0 Å². The molecule has 0 fully saturated rings. The van der Waals surface area contributed by atoms with E-state index in [1.54, 1.807) is 0 Å². The molecule has 0 rings (SSSR count). The Balaban J connectivity index is 3.89. The summed E-state index contributed by atoms with van der Waals surface area (Å²) < 4.78 is 5.18. The molecule has 0 aromatic heterocycles. The molecule has 0 bridgehead atoms. The second-order valence-corrected chi connectivity index (χ2v) is 4.72. The van der Waals surface area contributed by atoms with Gasteiger partial charge in [0.05, 0.1) is 5.41 Å². The molecule has 0 radical (unpaired) electrons. The van der Waals surface area contributed by atoms with E-state index in [0.717, 1.165) is 13.1 Å². The maximum Gasteiger partial charge on any atom is 0.311 e. The summed E-state index contributed by atoms with van der Waals surface area (Å²) in [6.45, 7) is 15.6. The van der Waals surface area contributed by atoms with Crippen LogP contribution in [0.15, 0.2) is 25.3 Å². The highest BCUT2D eigenvalue weighted by molar-refractivity contribution is 5.75. The molecule has 0 amide bonds. The number of ether oxygens (including phenoxy) is 1. The second kappa shape index (κ2) is 7.23. The van der Waals surface area contributed by atoms with Crippen molar-refractivity contribution in [3.05, 3.63) is 25.3 Å². The number of esters is 1. The molecule has 0 aromatic rings. The Morgan fingerprint density at radius 3 is 2.12 bits per heavy atom. The van der Waals surface area contributed by atoms with Crippen molar-refractivity contribution < 1.29 is 9.53 Å². The smallest absolute Gasteiger partial charge is 0.311 e. The lowest BCUT2D eigenvalue weighted by molar-refractivity contribution is -0.153. The largest absolute Gasteiger partial charge is 0.464 e. The van der Waals surface area contributed by atoms with Gasteiger partial charge in [-0.2, -0.15) is 0 Å². The first-order chi connectivity index (χ1) is 7.41. The number of hydrogen-bond acceptors (Lipinski definition) is 3. The highest BCUT2D eigenvalue weighted by atomic mass is 16.5. The third-order valence-corrected chi connectivity index (χ3v) is 2.03. The Bertz CT molecular complexity index is 231. The lowest BCUT2D eigenvalue weighted by Crippen LogP contribution is -2.31. The van der Waals surface area contributed by atoms with Crippen molar-refractivity contribution in [1.82, 2.24) is 4.90 Å². The molecular weight excluding hydrogens is 202 g/mol. The minimum atomic E-state index is -0.429. The summed E-state index contributed by atoms with van der Waals surface area (Å²) >= 11 is 0. The topological polar surface area (TPSA) is 29.5 Å². The molecule has 3 nitrogen and oxygen atoms in total. The lowest BCUT2D eigenvalue weighted by atomic mass is 9.97. The van der Waals surface area contributed by atoms with Crippen molar-refractivity contribution in [2.75, 3.05) is 26.2 Å². The lowest BCUT2D eigenvalue weighted by Gasteiger charge is -2.21. The predicted octanol–water partition coefficient (Wildman–Crippen LogP) is 2.25. The minimum absolute atomic E-state index is 0.162. The maximum absolute atomic E-state index is 11.5. The number of carbonyl (C=O) groups is 1. The summed E-state index contributed by atoms with van der Waals surface area (Å²) in [4.78, 5) is 13.6. The second-order valence-electron chi connectivity index (χ2n) is 4.72. The van der Waals surface area contributed by atoms with E-state index < -0.39 is 5.41 Å². The van der Waals surface area contributed by atoms with Crippen LogP contribution < -0.4 is 0 Å². The number of hydrogen-bond donors (Lipinski definition) is 0. The van der Waals surface area contributed by atoms with E-state index in [-0.39, 0.29) is 5.97 Å². The highest BCUT2D eigenvalue weighted by Crippen LogP contribution is 2.14. The van der Waals surface area contributed by atoms with E-state index in [0.29, 0.717) is 13.2 Å². The van der Waals surface area contributed by atoms with Gasteiger partial charge < -0.3 is 4.74 Å². The van der Waals surface area contributed by atoms with E-state index in [9.17, 15) is 4.79 Å². The van der Waals surface area contributed by atoms with Gasteiger partial charge in [0.15, 0.2) is 0 Å². The van der Waals surface area contributed by atoms with Crippen LogP contribution in [0.5, 0.6) is 0 Å². The van der Waals surface area contributed by atoms with Crippen molar-refractivity contribution in [3.63, 3.8) is 0 Å². The Labute approximate surface area is 98.8 Å². The Morgan fingerprint density at radius 1 is 1.25 bits per heavy atom. The summed E-state index contributed by atoms with van der Waals surface area (Å²) in [5, 5.41) is 0. The standard InChI is InChI=1S/C13H23NO2/c1-6-8-14(9-7-2)10-11-16-12(15)13(3,4)5/h6-7H,1-2,8-11H2,3-5H3. The molecule has 0 N–H and O–H groups in total. The summed E-state index contributed by atoms with van der Waals surface area (Å²) in [6.07, 6.45) is 3.66. The molecule has 0 saturated carbocycles. The zero-order valence-corrected chi connectivity index (χ0v) is 10.7. The maximum atomic E-state index is 11.5. The molecule has 16 heavy (non-hydrogen) atoms. The van der Waals surface area contributed by atoms with Gasteiger partial charge in [-0.15, -0.1) is 13.2 Å². The van der Waals surface area contributed by atoms with Crippen LogP contribution in [-0.4, -0.2) is 37.1 Å². The number of carbonyl (C=O) groups excluding carboxylic acids is 1. The molecule has 0 atom stereocenters. The van der Waals surface area contributed by atoms with Crippen molar-refractivity contribution >= 4 is 5.97 Å². The van der Waals surface area contributed by atoms with E-state index in [4.69, 9.17) is 4.74 Å². The van der Waals surface area contributed by atoms with Crippen molar-refractivity contribution in [1.29, 1.82) is 0 Å². The summed E-state index contributed by atoms with van der Waals surface area (Å²) in [7, 11) is 0. The van der Waals surface area contributed by atoms with E-state index in [1.165, 1.54) is 0 Å². The molecule has 0 saturated heterocycles. The average molecular weight is 225 g/mol. The molecule has 3 heteroatoms. The van der Waals surface area contributed by atoms with Gasteiger partial charge >= 0.3 is 5.97 Å². The SMILES string of the molecule is C=CCN(CC=C)CCOC(=O)C(C)(C)C. The minimum Gasteiger partial charge on any atom is -0.464 e. The molecule has 0 aliphatic rings. The molecule has 92 valence electrons. The van der Waals surface area contributed by atoms with Crippen LogP contribution in [0.2, 0.25) is 0 Å². The van der Waals surface area contributed by atoms with Gasteiger partial charge in [-0.1, -0.05) is 12.2 Å². The van der Waals surface area contributed by atoms with Crippen molar-refractivity contribution in [3.8, 4) is 0 Å². The van der Waals surface area contributed by atoms with Crippen LogP contribution in [0.1, 0.15) is 20.8 Å². The highest BCUT2D eigenvalue weighted by Gasteiger charge is 2.22. The van der Waals surface area contributed by atoms with Gasteiger partial charge in [0.25, 0.3) is 0 Å². The Kier molecular flexibility index (Phi) is 6.74. The van der Waals surface area contributed by atoms with Crippen LogP contribution in [-0.2, 0) is 9.53 Å². The molecular formula is C13H23NO2. The van der Waals surface area contributed by atoms with Gasteiger partial charge in [0.2, 0.25) is 0 Å². The number of nitrogens with zero attached hydrogens (tertiary/aromatic N) is 1. The first-order valence-electron chi connectivity index (χ1n) is 5.53. The number of rotatable bonds is 7. The first-order valence-corrected chi connectivity index (χ1v) is 5.53. The molecule has 0 heterocycles. The van der Waals surface area contributed by atoms with Crippen molar-refractivity contribution in [2.45, 2.75) is 20.8 Å².